The first kappa shape index (κ1) is 14.0. The van der Waals surface area contributed by atoms with Crippen LogP contribution in [0.1, 0.15) is 18.4 Å². The van der Waals surface area contributed by atoms with Crippen molar-refractivity contribution >= 4 is 0 Å². The third-order valence-electron chi connectivity index (χ3n) is 3.67. The van der Waals surface area contributed by atoms with Gasteiger partial charge in [0, 0.05) is 18.2 Å². The number of nitrogens with one attached hydrogen (secondary N) is 1. The highest BCUT2D eigenvalue weighted by Crippen LogP contribution is 2.28. The predicted molar refractivity (Wildman–Crippen MR) is 78.2 cm³/mol. The molecule has 1 N–H and O–H groups in total. The van der Waals surface area contributed by atoms with E-state index < -0.39 is 5.82 Å². The van der Waals surface area contributed by atoms with Crippen molar-refractivity contribution in [3.63, 3.8) is 0 Å². The molecule has 4 heteroatoms. The van der Waals surface area contributed by atoms with Crippen LogP contribution in [0.4, 0.5) is 8.78 Å². The van der Waals surface area contributed by atoms with E-state index in [0.717, 1.165) is 5.56 Å². The van der Waals surface area contributed by atoms with Crippen molar-refractivity contribution in [3.05, 3.63) is 53.6 Å². The smallest absolute Gasteiger partial charge is 0.165 e. The van der Waals surface area contributed by atoms with E-state index in [2.05, 4.69) is 5.32 Å². The van der Waals surface area contributed by atoms with Gasteiger partial charge in [0.25, 0.3) is 0 Å². The molecule has 0 bridgehead atoms. The van der Waals surface area contributed by atoms with Gasteiger partial charge in [0.1, 0.15) is 5.82 Å². The number of rotatable bonds is 5. The highest BCUT2D eigenvalue weighted by Gasteiger charge is 2.20. The number of benzene rings is 2. The second-order valence-electron chi connectivity index (χ2n) is 5.32. The van der Waals surface area contributed by atoms with Crippen LogP contribution in [0.15, 0.2) is 36.4 Å². The van der Waals surface area contributed by atoms with Gasteiger partial charge in [-0.25, -0.2) is 8.78 Å². The van der Waals surface area contributed by atoms with Gasteiger partial charge in [-0.1, -0.05) is 12.1 Å². The van der Waals surface area contributed by atoms with E-state index in [1.807, 2.05) is 0 Å². The Kier molecular flexibility index (Phi) is 3.88. The second kappa shape index (κ2) is 5.82. The maximum absolute atomic E-state index is 14.0. The lowest BCUT2D eigenvalue weighted by Crippen LogP contribution is -2.15. The summed E-state index contributed by atoms with van der Waals surface area (Å²) in [5.41, 5.74) is 1.92. The summed E-state index contributed by atoms with van der Waals surface area (Å²) >= 11 is 0. The van der Waals surface area contributed by atoms with Gasteiger partial charge in [-0.2, -0.15) is 0 Å². The summed E-state index contributed by atoms with van der Waals surface area (Å²) in [6.07, 6.45) is 2.41. The van der Waals surface area contributed by atoms with Crippen molar-refractivity contribution < 1.29 is 13.5 Å². The van der Waals surface area contributed by atoms with Gasteiger partial charge in [-0.05, 0) is 48.2 Å². The first-order valence-corrected chi connectivity index (χ1v) is 7.03. The largest absolute Gasteiger partial charge is 0.494 e. The number of hydrogen-bond acceptors (Lipinski definition) is 2. The third-order valence-corrected chi connectivity index (χ3v) is 3.67. The molecule has 0 aliphatic heterocycles. The van der Waals surface area contributed by atoms with Gasteiger partial charge in [0.15, 0.2) is 11.6 Å². The van der Waals surface area contributed by atoms with Gasteiger partial charge in [-0.3, -0.25) is 0 Å². The Morgan fingerprint density at radius 1 is 1.10 bits per heavy atom. The van der Waals surface area contributed by atoms with Gasteiger partial charge in [-0.15, -0.1) is 0 Å². The number of halogens is 2. The summed E-state index contributed by atoms with van der Waals surface area (Å²) in [6.45, 7) is 0.705. The molecule has 2 aromatic carbocycles. The predicted octanol–water partition coefficient (Wildman–Crippen LogP) is 3.89. The molecule has 21 heavy (non-hydrogen) atoms. The fourth-order valence-corrected chi connectivity index (χ4v) is 2.29. The summed E-state index contributed by atoms with van der Waals surface area (Å²) < 4.78 is 32.7. The van der Waals surface area contributed by atoms with E-state index in [1.54, 1.807) is 18.2 Å². The highest BCUT2D eigenvalue weighted by molar-refractivity contribution is 5.66. The Bertz CT molecular complexity index is 653. The first-order chi connectivity index (χ1) is 10.2. The van der Waals surface area contributed by atoms with E-state index in [1.165, 1.54) is 38.2 Å². The number of hydrogen-bond donors (Lipinski definition) is 1. The van der Waals surface area contributed by atoms with Gasteiger partial charge >= 0.3 is 0 Å². The van der Waals surface area contributed by atoms with Crippen LogP contribution in [0.3, 0.4) is 0 Å². The van der Waals surface area contributed by atoms with Crippen molar-refractivity contribution in [3.8, 4) is 16.9 Å². The van der Waals surface area contributed by atoms with Crippen LogP contribution in [-0.4, -0.2) is 13.2 Å². The van der Waals surface area contributed by atoms with Crippen molar-refractivity contribution in [2.75, 3.05) is 7.11 Å². The molecule has 0 aromatic heterocycles. The van der Waals surface area contributed by atoms with E-state index in [9.17, 15) is 8.78 Å². The minimum atomic E-state index is -0.490. The fraction of sp³-hybridized carbons (Fsp3) is 0.294. The maximum atomic E-state index is 14.0. The highest BCUT2D eigenvalue weighted by atomic mass is 19.1. The SMILES string of the molecule is COc1ccc(-c2cc(CNC3CC3)ccc2F)cc1F. The molecule has 1 fully saturated rings. The molecule has 1 aliphatic rings. The Labute approximate surface area is 122 Å². The van der Waals surface area contributed by atoms with Crippen molar-refractivity contribution in [2.24, 2.45) is 0 Å². The fourth-order valence-electron chi connectivity index (χ4n) is 2.29. The Morgan fingerprint density at radius 2 is 1.90 bits per heavy atom. The Morgan fingerprint density at radius 3 is 2.57 bits per heavy atom. The average molecular weight is 289 g/mol. The maximum Gasteiger partial charge on any atom is 0.165 e. The molecule has 2 nitrogen and oxygen atoms in total. The standard InChI is InChI=1S/C17H17F2NO/c1-21-17-7-3-12(9-16(17)19)14-8-11(2-6-15(14)18)10-20-13-4-5-13/h2-3,6-9,13,20H,4-5,10H2,1H3. The van der Waals surface area contributed by atoms with Crippen molar-refractivity contribution in [1.29, 1.82) is 0 Å². The zero-order chi connectivity index (χ0) is 14.8. The van der Waals surface area contributed by atoms with Crippen LogP contribution in [-0.2, 0) is 6.54 Å². The third kappa shape index (κ3) is 3.22. The van der Waals surface area contributed by atoms with Crippen LogP contribution >= 0.6 is 0 Å². The lowest BCUT2D eigenvalue weighted by molar-refractivity contribution is 0.386. The molecule has 0 amide bonds. The average Bonchev–Trinajstić information content (AvgIpc) is 3.30. The Balaban J connectivity index is 1.88. The lowest BCUT2D eigenvalue weighted by Gasteiger charge is -2.09. The molecule has 1 aliphatic carbocycles. The number of methoxy groups -OCH3 is 1. The molecule has 0 spiro atoms. The van der Waals surface area contributed by atoms with E-state index in [4.69, 9.17) is 4.74 Å². The zero-order valence-corrected chi connectivity index (χ0v) is 11.8. The quantitative estimate of drug-likeness (QED) is 0.901. The summed E-state index contributed by atoms with van der Waals surface area (Å²) in [7, 11) is 1.41. The van der Waals surface area contributed by atoms with Crippen LogP contribution in [0.5, 0.6) is 5.75 Å². The van der Waals surface area contributed by atoms with Gasteiger partial charge in [0.2, 0.25) is 0 Å². The molecule has 3 rings (SSSR count). The van der Waals surface area contributed by atoms with Gasteiger partial charge < -0.3 is 10.1 Å². The second-order valence-corrected chi connectivity index (χ2v) is 5.32. The van der Waals surface area contributed by atoms with Crippen LogP contribution < -0.4 is 10.1 Å². The number of ether oxygens (including phenoxy) is 1. The molecule has 0 radical (unpaired) electrons. The summed E-state index contributed by atoms with van der Waals surface area (Å²) in [5.74, 6) is -0.684. The monoisotopic (exact) mass is 289 g/mol. The van der Waals surface area contributed by atoms with Gasteiger partial charge in [0.05, 0.1) is 7.11 Å². The van der Waals surface area contributed by atoms with Crippen LogP contribution in [0.2, 0.25) is 0 Å². The topological polar surface area (TPSA) is 21.3 Å². The molecular formula is C17H17F2NO. The summed E-state index contributed by atoms with van der Waals surface area (Å²) in [6, 6.07) is 10.0. The first-order valence-electron chi connectivity index (χ1n) is 7.03. The van der Waals surface area contributed by atoms with E-state index >= 15 is 0 Å². The summed E-state index contributed by atoms with van der Waals surface area (Å²) in [4.78, 5) is 0. The minimum Gasteiger partial charge on any atom is -0.494 e. The minimum absolute atomic E-state index is 0.158. The molecule has 1 saturated carbocycles. The van der Waals surface area contributed by atoms with Crippen molar-refractivity contribution in [1.82, 2.24) is 5.32 Å². The molecule has 2 aromatic rings. The normalized spacial score (nSPS) is 14.2. The van der Waals surface area contributed by atoms with E-state index in [0.29, 0.717) is 23.7 Å². The molecule has 0 saturated heterocycles. The zero-order valence-electron chi connectivity index (χ0n) is 11.8. The summed E-state index contributed by atoms with van der Waals surface area (Å²) in [5, 5.41) is 3.38. The van der Waals surface area contributed by atoms with E-state index in [-0.39, 0.29) is 11.6 Å². The lowest BCUT2D eigenvalue weighted by atomic mass is 10.0. The molecule has 0 atom stereocenters. The van der Waals surface area contributed by atoms with Crippen molar-refractivity contribution in [2.45, 2.75) is 25.4 Å². The molecule has 110 valence electrons. The van der Waals surface area contributed by atoms with Crippen LogP contribution in [0.25, 0.3) is 11.1 Å². The molecular weight excluding hydrogens is 272 g/mol. The van der Waals surface area contributed by atoms with Crippen LogP contribution in [0, 0.1) is 11.6 Å². The molecule has 0 unspecified atom stereocenters. The Hall–Kier alpha value is -1.94. The molecule has 0 heterocycles.